The molecule has 1 fully saturated rings. The number of fused-ring (bicyclic) bond motifs is 2. The summed E-state index contributed by atoms with van der Waals surface area (Å²) in [4.78, 5) is 19.0. The van der Waals surface area contributed by atoms with Gasteiger partial charge in [0.1, 0.15) is 0 Å². The van der Waals surface area contributed by atoms with Crippen molar-refractivity contribution in [3.05, 3.63) is 10.8 Å². The van der Waals surface area contributed by atoms with Gasteiger partial charge >= 0.3 is 8.56 Å². The van der Waals surface area contributed by atoms with Crippen LogP contribution in [0.2, 0.25) is 6.55 Å². The molecular formula is C8H14O2Si. The fourth-order valence-corrected chi connectivity index (χ4v) is 3.91. The highest BCUT2D eigenvalue weighted by molar-refractivity contribution is 6.71. The summed E-state index contributed by atoms with van der Waals surface area (Å²) in [5.74, 6) is 0.756. The van der Waals surface area contributed by atoms with Crippen LogP contribution in [0.4, 0.5) is 0 Å². The SMILES string of the molecule is C[Si](O)(O)C1=C2CCC(C2)C1. The molecule has 62 valence electrons. The minimum atomic E-state index is -2.90. The van der Waals surface area contributed by atoms with Crippen LogP contribution in [0.5, 0.6) is 0 Å². The van der Waals surface area contributed by atoms with Crippen molar-refractivity contribution >= 4 is 8.56 Å². The molecule has 1 saturated carbocycles. The minimum Gasteiger partial charge on any atom is -0.408 e. The largest absolute Gasteiger partial charge is 0.408 e. The molecule has 11 heavy (non-hydrogen) atoms. The molecule has 0 saturated heterocycles. The lowest BCUT2D eigenvalue weighted by molar-refractivity contribution is 0.378. The van der Waals surface area contributed by atoms with E-state index in [-0.39, 0.29) is 0 Å². The van der Waals surface area contributed by atoms with Gasteiger partial charge in [0.05, 0.1) is 0 Å². The summed E-state index contributed by atoms with van der Waals surface area (Å²) in [6.45, 7) is 1.61. The van der Waals surface area contributed by atoms with Gasteiger partial charge in [-0.15, -0.1) is 0 Å². The summed E-state index contributed by atoms with van der Waals surface area (Å²) >= 11 is 0. The smallest absolute Gasteiger partial charge is 0.359 e. The Hall–Kier alpha value is -0.123. The average molecular weight is 170 g/mol. The summed E-state index contributed by atoms with van der Waals surface area (Å²) in [5.41, 5.74) is 1.37. The Balaban J connectivity index is 2.28. The van der Waals surface area contributed by atoms with Crippen molar-refractivity contribution in [3.8, 4) is 0 Å². The van der Waals surface area contributed by atoms with E-state index in [0.29, 0.717) is 0 Å². The normalized spacial score (nSPS) is 30.3. The third-order valence-electron chi connectivity index (χ3n) is 2.88. The van der Waals surface area contributed by atoms with E-state index in [1.807, 2.05) is 0 Å². The van der Waals surface area contributed by atoms with E-state index < -0.39 is 8.56 Å². The molecule has 2 rings (SSSR count). The molecule has 0 aromatic rings. The number of allylic oxidation sites excluding steroid dienone is 2. The fraction of sp³-hybridized carbons (Fsp3) is 0.750. The van der Waals surface area contributed by atoms with Crippen LogP contribution < -0.4 is 0 Å². The van der Waals surface area contributed by atoms with E-state index in [2.05, 4.69) is 0 Å². The van der Waals surface area contributed by atoms with Crippen LogP contribution in [-0.4, -0.2) is 18.2 Å². The Morgan fingerprint density at radius 3 is 2.36 bits per heavy atom. The first-order valence-electron chi connectivity index (χ1n) is 4.23. The first-order valence-corrected chi connectivity index (χ1v) is 6.63. The molecule has 2 nitrogen and oxygen atoms in total. The predicted octanol–water partition coefficient (Wildman–Crippen LogP) is 1.08. The molecule has 3 heteroatoms. The van der Waals surface area contributed by atoms with Crippen LogP contribution in [0.3, 0.4) is 0 Å². The molecular weight excluding hydrogens is 156 g/mol. The van der Waals surface area contributed by atoms with Crippen LogP contribution in [0.15, 0.2) is 10.8 Å². The minimum absolute atomic E-state index is 0.756. The number of rotatable bonds is 1. The number of hydrogen-bond acceptors (Lipinski definition) is 2. The van der Waals surface area contributed by atoms with Crippen molar-refractivity contribution < 1.29 is 9.59 Å². The van der Waals surface area contributed by atoms with Gasteiger partial charge in [-0.1, -0.05) is 5.57 Å². The molecule has 2 aliphatic rings. The van der Waals surface area contributed by atoms with Gasteiger partial charge in [-0.2, -0.15) is 0 Å². The van der Waals surface area contributed by atoms with Gasteiger partial charge in [0.2, 0.25) is 0 Å². The second kappa shape index (κ2) is 2.18. The van der Waals surface area contributed by atoms with Crippen molar-refractivity contribution in [1.82, 2.24) is 0 Å². The molecule has 0 aromatic carbocycles. The van der Waals surface area contributed by atoms with Crippen LogP contribution in [0.1, 0.15) is 25.7 Å². The molecule has 2 aliphatic carbocycles. The highest BCUT2D eigenvalue weighted by Crippen LogP contribution is 2.45. The topological polar surface area (TPSA) is 40.5 Å². The van der Waals surface area contributed by atoms with Crippen LogP contribution in [-0.2, 0) is 0 Å². The standard InChI is InChI=1S/C8H14O2Si/c1-11(9,10)8-5-6-2-3-7(8)4-6/h6,9-10H,2-5H2,1H3. The molecule has 1 unspecified atom stereocenters. The Morgan fingerprint density at radius 1 is 1.36 bits per heavy atom. The zero-order chi connectivity index (χ0) is 8.06. The molecule has 0 heterocycles. The van der Waals surface area contributed by atoms with Gasteiger partial charge in [0.15, 0.2) is 0 Å². The van der Waals surface area contributed by atoms with Gasteiger partial charge in [-0.05, 0) is 43.3 Å². The summed E-state index contributed by atoms with van der Waals surface area (Å²) in [6, 6.07) is 0. The van der Waals surface area contributed by atoms with E-state index in [1.165, 1.54) is 12.0 Å². The van der Waals surface area contributed by atoms with Crippen LogP contribution in [0, 0.1) is 5.92 Å². The van der Waals surface area contributed by atoms with Gasteiger partial charge in [0, 0.05) is 0 Å². The number of hydrogen-bond donors (Lipinski definition) is 2. The van der Waals surface area contributed by atoms with E-state index in [1.54, 1.807) is 6.55 Å². The predicted molar refractivity (Wildman–Crippen MR) is 45.0 cm³/mol. The lowest BCUT2D eigenvalue weighted by Gasteiger charge is -2.19. The first kappa shape index (κ1) is 7.52. The summed E-state index contributed by atoms with van der Waals surface area (Å²) in [6.07, 6.45) is 4.54. The first-order chi connectivity index (χ1) is 5.07. The van der Waals surface area contributed by atoms with E-state index in [0.717, 1.165) is 30.4 Å². The van der Waals surface area contributed by atoms with E-state index >= 15 is 0 Å². The monoisotopic (exact) mass is 170 g/mol. The fourth-order valence-electron chi connectivity index (χ4n) is 2.34. The van der Waals surface area contributed by atoms with Crippen molar-refractivity contribution in [2.24, 2.45) is 5.92 Å². The highest BCUT2D eigenvalue weighted by atomic mass is 28.4. The van der Waals surface area contributed by atoms with Gasteiger partial charge in [-0.25, -0.2) is 0 Å². The lowest BCUT2D eigenvalue weighted by Crippen LogP contribution is -2.34. The maximum atomic E-state index is 9.48. The van der Waals surface area contributed by atoms with Gasteiger partial charge < -0.3 is 9.59 Å². The van der Waals surface area contributed by atoms with Gasteiger partial charge in [0.25, 0.3) is 0 Å². The second-order valence-electron chi connectivity index (χ2n) is 3.92. The van der Waals surface area contributed by atoms with E-state index in [9.17, 15) is 9.59 Å². The molecule has 2 N–H and O–H groups in total. The molecule has 0 amide bonds. The quantitative estimate of drug-likeness (QED) is 0.578. The van der Waals surface area contributed by atoms with Gasteiger partial charge in [-0.3, -0.25) is 0 Å². The maximum absolute atomic E-state index is 9.48. The molecule has 0 aromatic heterocycles. The maximum Gasteiger partial charge on any atom is 0.359 e. The van der Waals surface area contributed by atoms with Crippen molar-refractivity contribution in [2.45, 2.75) is 32.2 Å². The highest BCUT2D eigenvalue weighted by Gasteiger charge is 2.40. The second-order valence-corrected chi connectivity index (χ2v) is 6.56. The molecule has 0 aliphatic heterocycles. The average Bonchev–Trinajstić information content (AvgIpc) is 2.42. The molecule has 0 radical (unpaired) electrons. The summed E-state index contributed by atoms with van der Waals surface area (Å²) in [5, 5.41) is 1.04. The Bertz CT molecular complexity index is 215. The van der Waals surface area contributed by atoms with E-state index in [4.69, 9.17) is 0 Å². The Kier molecular flexibility index (Phi) is 1.49. The van der Waals surface area contributed by atoms with Crippen LogP contribution >= 0.6 is 0 Å². The van der Waals surface area contributed by atoms with Crippen LogP contribution in [0.25, 0.3) is 0 Å². The van der Waals surface area contributed by atoms with Crippen molar-refractivity contribution in [2.75, 3.05) is 0 Å². The zero-order valence-electron chi connectivity index (χ0n) is 6.80. The Labute approximate surface area is 67.8 Å². The lowest BCUT2D eigenvalue weighted by atomic mass is 10.1. The van der Waals surface area contributed by atoms with Crippen molar-refractivity contribution in [1.29, 1.82) is 0 Å². The summed E-state index contributed by atoms with van der Waals surface area (Å²) < 4.78 is 0. The third kappa shape index (κ3) is 1.17. The molecule has 1 atom stereocenters. The van der Waals surface area contributed by atoms with Crippen molar-refractivity contribution in [3.63, 3.8) is 0 Å². The Morgan fingerprint density at radius 2 is 2.09 bits per heavy atom. The third-order valence-corrected chi connectivity index (χ3v) is 4.58. The molecule has 0 spiro atoms. The molecule has 2 bridgehead atoms. The summed E-state index contributed by atoms with van der Waals surface area (Å²) in [7, 11) is -2.90. The zero-order valence-corrected chi connectivity index (χ0v) is 7.80.